The van der Waals surface area contributed by atoms with Crippen molar-refractivity contribution in [1.29, 1.82) is 0 Å². The first-order valence-corrected chi connectivity index (χ1v) is 4.34. The predicted octanol–water partition coefficient (Wildman–Crippen LogP) is 0.666. The van der Waals surface area contributed by atoms with E-state index in [1.165, 1.54) is 0 Å². The van der Waals surface area contributed by atoms with Gasteiger partial charge in [0.25, 0.3) is 0 Å². The number of aryl methyl sites for hydroxylation is 1. The van der Waals surface area contributed by atoms with Crippen molar-refractivity contribution in [2.75, 3.05) is 0 Å². The molecule has 1 aromatic heterocycles. The van der Waals surface area contributed by atoms with E-state index < -0.39 is 0 Å². The number of hydrogen-bond acceptors (Lipinski definition) is 4. The van der Waals surface area contributed by atoms with Crippen LogP contribution in [0.15, 0.2) is 12.3 Å². The molecule has 0 unspecified atom stereocenters. The van der Waals surface area contributed by atoms with Crippen LogP contribution >= 0.6 is 0 Å². The van der Waals surface area contributed by atoms with Crippen molar-refractivity contribution < 1.29 is 14.4 Å². The van der Waals surface area contributed by atoms with E-state index in [4.69, 9.17) is 9.59 Å². The average molecular weight is 194 g/mol. The Morgan fingerprint density at radius 2 is 2.07 bits per heavy atom. The van der Waals surface area contributed by atoms with E-state index in [1.807, 2.05) is 0 Å². The zero-order valence-corrected chi connectivity index (χ0v) is 7.60. The van der Waals surface area contributed by atoms with Crippen molar-refractivity contribution in [2.24, 2.45) is 0 Å². The maximum Gasteiger partial charge on any atom is 0.373 e. The summed E-state index contributed by atoms with van der Waals surface area (Å²) in [5, 5.41) is 4.06. The van der Waals surface area contributed by atoms with Gasteiger partial charge in [0, 0.05) is 19.2 Å². The lowest BCUT2D eigenvalue weighted by molar-refractivity contribution is -0.191. The summed E-state index contributed by atoms with van der Waals surface area (Å²) in [6.45, 7) is 0.897. The van der Waals surface area contributed by atoms with Gasteiger partial charge in [0.05, 0.1) is 0 Å². The average Bonchev–Trinajstić information content (AvgIpc) is 2.55. The second-order valence-electron chi connectivity index (χ2n) is 2.90. The van der Waals surface area contributed by atoms with Gasteiger partial charge >= 0.3 is 6.15 Å². The molecule has 2 heterocycles. The zero-order valence-electron chi connectivity index (χ0n) is 7.60. The monoisotopic (exact) mass is 194 g/mol. The smallest absolute Gasteiger partial charge is 0.292 e. The molecule has 1 aliphatic heterocycles. The highest BCUT2D eigenvalue weighted by Crippen LogP contribution is 2.12. The number of carbonyl (C=O) groups is 1. The Balaban J connectivity index is 0.000000293. The molecule has 0 amide bonds. The molecule has 1 aliphatic rings. The maximum absolute atomic E-state index is 11.3. The Hall–Kier alpha value is -1.74. The quantitative estimate of drug-likeness (QED) is 0.608. The number of hydrogen-bond donors (Lipinski definition) is 0. The van der Waals surface area contributed by atoms with Gasteiger partial charge in [-0.2, -0.15) is 14.7 Å². The van der Waals surface area contributed by atoms with Crippen LogP contribution in [0.3, 0.4) is 0 Å². The fourth-order valence-corrected chi connectivity index (χ4v) is 1.42. The van der Waals surface area contributed by atoms with Gasteiger partial charge in [-0.25, -0.2) is 0 Å². The lowest BCUT2D eigenvalue weighted by Gasteiger charge is -1.98. The topological polar surface area (TPSA) is 69.0 Å². The number of rotatable bonds is 0. The highest BCUT2D eigenvalue weighted by molar-refractivity contribution is 5.94. The molecule has 0 radical (unpaired) electrons. The largest absolute Gasteiger partial charge is 0.373 e. The third kappa shape index (κ3) is 2.37. The Labute approximate surface area is 80.7 Å². The molecule has 0 aliphatic carbocycles. The third-order valence-electron chi connectivity index (χ3n) is 2.03. The van der Waals surface area contributed by atoms with E-state index >= 15 is 0 Å². The van der Waals surface area contributed by atoms with Crippen LogP contribution in [0.2, 0.25) is 0 Å². The highest BCUT2D eigenvalue weighted by atomic mass is 16.2. The first-order valence-electron chi connectivity index (χ1n) is 4.34. The molecule has 0 bridgehead atoms. The van der Waals surface area contributed by atoms with E-state index in [0.717, 1.165) is 25.1 Å². The Kier molecular flexibility index (Phi) is 3.76. The second-order valence-corrected chi connectivity index (χ2v) is 2.90. The van der Waals surface area contributed by atoms with Gasteiger partial charge in [0.2, 0.25) is 0 Å². The molecule has 0 fully saturated rings. The first kappa shape index (κ1) is 10.3. The van der Waals surface area contributed by atoms with Crippen molar-refractivity contribution in [3.63, 3.8) is 0 Å². The van der Waals surface area contributed by atoms with Crippen molar-refractivity contribution in [1.82, 2.24) is 9.78 Å². The van der Waals surface area contributed by atoms with E-state index in [2.05, 4.69) is 5.10 Å². The molecule has 2 rings (SSSR count). The standard InChI is InChI=1S/C8H10N2O.CO2/c11-8-3-1-2-6-10-7(8)4-5-9-10;2-1-3/h4-5H,1-3,6H2;. The minimum Gasteiger partial charge on any atom is -0.292 e. The fourth-order valence-electron chi connectivity index (χ4n) is 1.42. The van der Waals surface area contributed by atoms with Gasteiger partial charge in [0.15, 0.2) is 5.78 Å². The van der Waals surface area contributed by atoms with Crippen LogP contribution in [0, 0.1) is 0 Å². The van der Waals surface area contributed by atoms with E-state index in [9.17, 15) is 4.79 Å². The van der Waals surface area contributed by atoms with E-state index in [0.29, 0.717) is 6.42 Å². The van der Waals surface area contributed by atoms with Crippen LogP contribution in [0.1, 0.15) is 29.8 Å². The van der Waals surface area contributed by atoms with Gasteiger partial charge in [-0.1, -0.05) is 0 Å². The molecular formula is C9H10N2O3. The number of nitrogens with zero attached hydrogens (tertiary/aromatic N) is 2. The van der Waals surface area contributed by atoms with Gasteiger partial charge in [-0.3, -0.25) is 9.48 Å². The summed E-state index contributed by atoms with van der Waals surface area (Å²) >= 11 is 0. The van der Waals surface area contributed by atoms with E-state index in [1.54, 1.807) is 16.9 Å². The summed E-state index contributed by atoms with van der Waals surface area (Å²) in [4.78, 5) is 27.6. The molecule has 5 heteroatoms. The van der Waals surface area contributed by atoms with Gasteiger partial charge in [-0.05, 0) is 18.9 Å². The normalized spacial score (nSPS) is 14.4. The minimum atomic E-state index is 0.236. The molecule has 0 spiro atoms. The summed E-state index contributed by atoms with van der Waals surface area (Å²) < 4.78 is 1.80. The van der Waals surface area contributed by atoms with Crippen molar-refractivity contribution in [3.05, 3.63) is 18.0 Å². The van der Waals surface area contributed by atoms with Crippen LogP contribution < -0.4 is 0 Å². The second kappa shape index (κ2) is 5.09. The molecular weight excluding hydrogens is 184 g/mol. The Morgan fingerprint density at radius 1 is 1.36 bits per heavy atom. The van der Waals surface area contributed by atoms with Crippen LogP contribution in [0.25, 0.3) is 0 Å². The number of ketones is 1. The molecule has 74 valence electrons. The predicted molar refractivity (Wildman–Crippen MR) is 45.4 cm³/mol. The lowest BCUT2D eigenvalue weighted by Crippen LogP contribution is -2.05. The van der Waals surface area contributed by atoms with Crippen molar-refractivity contribution in [3.8, 4) is 0 Å². The first-order chi connectivity index (χ1) is 6.79. The fraction of sp³-hybridized carbons (Fsp3) is 0.444. The van der Waals surface area contributed by atoms with Crippen LogP contribution in [0.5, 0.6) is 0 Å². The molecule has 0 N–H and O–H groups in total. The van der Waals surface area contributed by atoms with E-state index in [-0.39, 0.29) is 11.9 Å². The zero-order chi connectivity index (χ0) is 10.4. The number of Topliss-reactive ketones (excluding diaryl/α,β-unsaturated/α-hetero) is 1. The van der Waals surface area contributed by atoms with Crippen LogP contribution in [-0.4, -0.2) is 21.7 Å². The minimum absolute atomic E-state index is 0.236. The van der Waals surface area contributed by atoms with Crippen LogP contribution in [0.4, 0.5) is 0 Å². The Bertz CT molecular complexity index is 351. The molecule has 14 heavy (non-hydrogen) atoms. The number of fused-ring (bicyclic) bond motifs is 1. The maximum atomic E-state index is 11.3. The number of aromatic nitrogens is 2. The SMILES string of the molecule is O=C1CCCCn2nccc21.O=C=O. The van der Waals surface area contributed by atoms with Gasteiger partial charge in [0.1, 0.15) is 5.69 Å². The molecule has 0 saturated carbocycles. The molecule has 0 saturated heterocycles. The summed E-state index contributed by atoms with van der Waals surface area (Å²) in [5.41, 5.74) is 0.780. The van der Waals surface area contributed by atoms with Gasteiger partial charge < -0.3 is 0 Å². The van der Waals surface area contributed by atoms with Crippen molar-refractivity contribution in [2.45, 2.75) is 25.8 Å². The molecule has 0 aromatic carbocycles. The number of carbonyl (C=O) groups excluding carboxylic acids is 3. The summed E-state index contributed by atoms with van der Waals surface area (Å²) in [6.07, 6.45) is 4.70. The summed E-state index contributed by atoms with van der Waals surface area (Å²) in [6, 6.07) is 1.80. The van der Waals surface area contributed by atoms with Crippen molar-refractivity contribution >= 4 is 11.9 Å². The lowest BCUT2D eigenvalue weighted by atomic mass is 10.2. The Morgan fingerprint density at radius 3 is 2.79 bits per heavy atom. The molecule has 5 nitrogen and oxygen atoms in total. The molecule has 1 aromatic rings. The summed E-state index contributed by atoms with van der Waals surface area (Å²) in [7, 11) is 0. The van der Waals surface area contributed by atoms with Crippen LogP contribution in [-0.2, 0) is 16.1 Å². The molecule has 0 atom stereocenters. The third-order valence-corrected chi connectivity index (χ3v) is 2.03. The highest BCUT2D eigenvalue weighted by Gasteiger charge is 2.14. The van der Waals surface area contributed by atoms with Gasteiger partial charge in [-0.15, -0.1) is 0 Å². The summed E-state index contributed by atoms with van der Waals surface area (Å²) in [5.74, 6) is 0.236.